The molecule has 0 radical (unpaired) electrons. The van der Waals surface area contributed by atoms with Crippen LogP contribution in [0.4, 0.5) is 0 Å². The van der Waals surface area contributed by atoms with Crippen LogP contribution >= 0.6 is 0 Å². The molecule has 0 bridgehead atoms. The lowest BCUT2D eigenvalue weighted by Gasteiger charge is -2.21. The maximum Gasteiger partial charge on any atom is 0.338 e. The van der Waals surface area contributed by atoms with Crippen molar-refractivity contribution in [3.8, 4) is 0 Å². The second-order valence-electron chi connectivity index (χ2n) is 3.75. The number of nitrogens with zero attached hydrogens (tertiary/aromatic N) is 1. The van der Waals surface area contributed by atoms with E-state index >= 15 is 0 Å². The third-order valence-corrected chi connectivity index (χ3v) is 1.83. The van der Waals surface area contributed by atoms with Crippen LogP contribution in [0.25, 0.3) is 0 Å². The molecular formula is C9H20N2O3. The number of hydrogen-bond donors (Lipinski definition) is 2. The molecule has 0 saturated carbocycles. The molecule has 0 aliphatic heterocycles. The highest BCUT2D eigenvalue weighted by Gasteiger charge is 2.30. The first-order valence-corrected chi connectivity index (χ1v) is 4.56. The van der Waals surface area contributed by atoms with Crippen LogP contribution in [0.3, 0.4) is 0 Å². The van der Waals surface area contributed by atoms with E-state index in [-0.39, 0.29) is 6.54 Å². The van der Waals surface area contributed by atoms with Crippen molar-refractivity contribution in [1.82, 2.24) is 10.2 Å². The maximum absolute atomic E-state index is 11.0. The van der Waals surface area contributed by atoms with Gasteiger partial charge in [-0.25, -0.2) is 4.79 Å². The molecule has 0 heterocycles. The SMILES string of the molecule is COC(=O)C(C)(O)CNCCN(C)C. The molecule has 5 heteroatoms. The molecule has 14 heavy (non-hydrogen) atoms. The summed E-state index contributed by atoms with van der Waals surface area (Å²) in [4.78, 5) is 13.1. The fraction of sp³-hybridized carbons (Fsp3) is 0.889. The van der Waals surface area contributed by atoms with Crippen LogP contribution in [0.1, 0.15) is 6.92 Å². The highest BCUT2D eigenvalue weighted by molar-refractivity contribution is 5.78. The molecule has 84 valence electrons. The van der Waals surface area contributed by atoms with Gasteiger partial charge in [-0.15, -0.1) is 0 Å². The number of hydrogen-bond acceptors (Lipinski definition) is 5. The van der Waals surface area contributed by atoms with Crippen LogP contribution < -0.4 is 5.32 Å². The first-order chi connectivity index (χ1) is 6.40. The standard InChI is InChI=1S/C9H20N2O3/c1-9(13,8(12)14-4)7-10-5-6-11(2)3/h10,13H,5-7H2,1-4H3. The Morgan fingerprint density at radius 3 is 2.57 bits per heavy atom. The predicted octanol–water partition coefficient (Wildman–Crippen LogP) is -0.938. The summed E-state index contributed by atoms with van der Waals surface area (Å²) in [6.45, 7) is 3.21. The Morgan fingerprint density at radius 2 is 2.14 bits per heavy atom. The molecule has 2 N–H and O–H groups in total. The number of ether oxygens (including phenoxy) is 1. The Labute approximate surface area is 85.0 Å². The monoisotopic (exact) mass is 204 g/mol. The predicted molar refractivity (Wildman–Crippen MR) is 54.1 cm³/mol. The summed E-state index contributed by atoms with van der Waals surface area (Å²) in [5.74, 6) is -0.616. The lowest BCUT2D eigenvalue weighted by atomic mass is 10.1. The smallest absolute Gasteiger partial charge is 0.338 e. The molecule has 0 amide bonds. The lowest BCUT2D eigenvalue weighted by Crippen LogP contribution is -2.46. The first-order valence-electron chi connectivity index (χ1n) is 4.56. The van der Waals surface area contributed by atoms with Gasteiger partial charge in [-0.3, -0.25) is 0 Å². The van der Waals surface area contributed by atoms with Crippen molar-refractivity contribution in [2.45, 2.75) is 12.5 Å². The number of nitrogens with one attached hydrogen (secondary N) is 1. The summed E-state index contributed by atoms with van der Waals surface area (Å²) in [5, 5.41) is 12.6. The Kier molecular flexibility index (Phi) is 5.68. The van der Waals surface area contributed by atoms with Crippen LogP contribution in [-0.4, -0.2) is 62.4 Å². The lowest BCUT2D eigenvalue weighted by molar-refractivity contribution is -0.159. The van der Waals surface area contributed by atoms with Crippen LogP contribution in [-0.2, 0) is 9.53 Å². The van der Waals surface area contributed by atoms with E-state index < -0.39 is 11.6 Å². The molecular weight excluding hydrogens is 184 g/mol. The summed E-state index contributed by atoms with van der Waals surface area (Å²) in [6.07, 6.45) is 0. The number of aliphatic hydroxyl groups is 1. The quantitative estimate of drug-likeness (QED) is 0.432. The van der Waals surface area contributed by atoms with Crippen molar-refractivity contribution in [3.05, 3.63) is 0 Å². The third kappa shape index (κ3) is 5.16. The summed E-state index contributed by atoms with van der Waals surface area (Å²) >= 11 is 0. The number of esters is 1. The van der Waals surface area contributed by atoms with E-state index in [1.54, 1.807) is 0 Å². The molecule has 0 aliphatic carbocycles. The second kappa shape index (κ2) is 5.95. The number of rotatable bonds is 6. The van der Waals surface area contributed by atoms with Gasteiger partial charge < -0.3 is 20.1 Å². The Bertz CT molecular complexity index is 181. The molecule has 0 fully saturated rings. The molecule has 0 aliphatic rings. The second-order valence-corrected chi connectivity index (χ2v) is 3.75. The van der Waals surface area contributed by atoms with E-state index in [0.29, 0.717) is 0 Å². The van der Waals surface area contributed by atoms with Gasteiger partial charge in [-0.05, 0) is 21.0 Å². The summed E-state index contributed by atoms with van der Waals surface area (Å²) in [7, 11) is 5.18. The average Bonchev–Trinajstić information content (AvgIpc) is 2.10. The van der Waals surface area contributed by atoms with Crippen molar-refractivity contribution >= 4 is 5.97 Å². The molecule has 0 rings (SSSR count). The summed E-state index contributed by atoms with van der Waals surface area (Å²) < 4.78 is 4.45. The maximum atomic E-state index is 11.0. The third-order valence-electron chi connectivity index (χ3n) is 1.83. The first kappa shape index (κ1) is 13.4. The molecule has 0 aromatic carbocycles. The molecule has 1 unspecified atom stereocenters. The Hall–Kier alpha value is -0.650. The molecule has 0 aromatic rings. The van der Waals surface area contributed by atoms with Crippen LogP contribution in [0.15, 0.2) is 0 Å². The number of likely N-dealkylation sites (N-methyl/N-ethyl adjacent to an activating group) is 1. The number of carbonyl (C=O) groups excluding carboxylic acids is 1. The summed E-state index contributed by atoms with van der Waals surface area (Å²) in [6, 6.07) is 0. The van der Waals surface area contributed by atoms with Gasteiger partial charge in [0.05, 0.1) is 7.11 Å². The van der Waals surface area contributed by atoms with Gasteiger partial charge in [0.15, 0.2) is 5.60 Å². The minimum absolute atomic E-state index is 0.202. The molecule has 0 spiro atoms. The van der Waals surface area contributed by atoms with Gasteiger partial charge in [0.1, 0.15) is 0 Å². The number of methoxy groups -OCH3 is 1. The molecule has 0 saturated heterocycles. The van der Waals surface area contributed by atoms with E-state index in [0.717, 1.165) is 13.1 Å². The number of carbonyl (C=O) groups is 1. The highest BCUT2D eigenvalue weighted by Crippen LogP contribution is 2.03. The van der Waals surface area contributed by atoms with Crippen molar-refractivity contribution in [3.63, 3.8) is 0 Å². The van der Waals surface area contributed by atoms with Gasteiger partial charge in [0.2, 0.25) is 0 Å². The zero-order valence-electron chi connectivity index (χ0n) is 9.33. The fourth-order valence-corrected chi connectivity index (χ4v) is 0.926. The molecule has 5 nitrogen and oxygen atoms in total. The van der Waals surface area contributed by atoms with Crippen LogP contribution in [0, 0.1) is 0 Å². The average molecular weight is 204 g/mol. The Balaban J connectivity index is 3.71. The van der Waals surface area contributed by atoms with E-state index in [9.17, 15) is 9.90 Å². The zero-order chi connectivity index (χ0) is 11.2. The van der Waals surface area contributed by atoms with Crippen molar-refractivity contribution < 1.29 is 14.6 Å². The van der Waals surface area contributed by atoms with Crippen LogP contribution in [0.5, 0.6) is 0 Å². The van der Waals surface area contributed by atoms with Crippen molar-refractivity contribution in [1.29, 1.82) is 0 Å². The zero-order valence-corrected chi connectivity index (χ0v) is 9.33. The van der Waals surface area contributed by atoms with Gasteiger partial charge in [0.25, 0.3) is 0 Å². The van der Waals surface area contributed by atoms with Crippen molar-refractivity contribution in [2.24, 2.45) is 0 Å². The van der Waals surface area contributed by atoms with Gasteiger partial charge in [-0.2, -0.15) is 0 Å². The van der Waals surface area contributed by atoms with Gasteiger partial charge >= 0.3 is 5.97 Å². The topological polar surface area (TPSA) is 61.8 Å². The fourth-order valence-electron chi connectivity index (χ4n) is 0.926. The largest absolute Gasteiger partial charge is 0.467 e. The summed E-state index contributed by atoms with van der Waals surface area (Å²) in [5.41, 5.74) is -1.44. The van der Waals surface area contributed by atoms with E-state index in [2.05, 4.69) is 10.1 Å². The van der Waals surface area contributed by atoms with Crippen molar-refractivity contribution in [2.75, 3.05) is 40.8 Å². The minimum Gasteiger partial charge on any atom is -0.467 e. The van der Waals surface area contributed by atoms with Crippen LogP contribution in [0.2, 0.25) is 0 Å². The minimum atomic E-state index is -1.44. The van der Waals surface area contributed by atoms with E-state index in [1.807, 2.05) is 19.0 Å². The Morgan fingerprint density at radius 1 is 1.57 bits per heavy atom. The highest BCUT2D eigenvalue weighted by atomic mass is 16.5. The van der Waals surface area contributed by atoms with E-state index in [4.69, 9.17) is 0 Å². The van der Waals surface area contributed by atoms with Gasteiger partial charge in [-0.1, -0.05) is 0 Å². The normalized spacial score (nSPS) is 15.3. The molecule has 0 aromatic heterocycles. The van der Waals surface area contributed by atoms with Gasteiger partial charge in [0, 0.05) is 19.6 Å². The van der Waals surface area contributed by atoms with E-state index in [1.165, 1.54) is 14.0 Å². The molecule has 1 atom stereocenters.